The Morgan fingerprint density at radius 3 is 3.04 bits per heavy atom. The van der Waals surface area contributed by atoms with Crippen LogP contribution in [0.1, 0.15) is 34.8 Å². The van der Waals surface area contributed by atoms with Gasteiger partial charge in [-0.1, -0.05) is 6.07 Å². The van der Waals surface area contributed by atoms with E-state index in [2.05, 4.69) is 9.97 Å². The molecule has 138 valence electrons. The number of methoxy groups -OCH3 is 1. The van der Waals surface area contributed by atoms with Crippen molar-refractivity contribution in [3.8, 4) is 5.75 Å². The minimum atomic E-state index is 0.00826. The average molecular weight is 356 g/mol. The summed E-state index contributed by atoms with van der Waals surface area (Å²) in [5.41, 5.74) is 7.21. The summed E-state index contributed by atoms with van der Waals surface area (Å²) in [6, 6.07) is 9.15. The summed E-state index contributed by atoms with van der Waals surface area (Å²) < 4.78 is 10.6. The van der Waals surface area contributed by atoms with Gasteiger partial charge in [0.2, 0.25) is 5.95 Å². The van der Waals surface area contributed by atoms with Gasteiger partial charge in [0.15, 0.2) is 0 Å². The normalized spacial score (nSPS) is 17.1. The third kappa shape index (κ3) is 4.49. The van der Waals surface area contributed by atoms with E-state index in [9.17, 15) is 4.79 Å². The smallest absolute Gasteiger partial charge is 0.254 e. The predicted octanol–water partition coefficient (Wildman–Crippen LogP) is 2.10. The molecule has 7 heteroatoms. The van der Waals surface area contributed by atoms with Crippen LogP contribution in [0.15, 0.2) is 36.5 Å². The van der Waals surface area contributed by atoms with Crippen molar-refractivity contribution in [3.05, 3.63) is 47.8 Å². The van der Waals surface area contributed by atoms with Crippen molar-refractivity contribution in [1.29, 1.82) is 0 Å². The molecule has 1 unspecified atom stereocenters. The summed E-state index contributed by atoms with van der Waals surface area (Å²) in [4.78, 5) is 23.0. The minimum absolute atomic E-state index is 0.00826. The van der Waals surface area contributed by atoms with Crippen LogP contribution < -0.4 is 10.5 Å². The Hall–Kier alpha value is -2.67. The van der Waals surface area contributed by atoms with Gasteiger partial charge in [-0.05, 0) is 37.1 Å². The molecular formula is C19H24N4O3. The molecule has 1 fully saturated rings. The van der Waals surface area contributed by atoms with E-state index in [0.29, 0.717) is 31.1 Å². The zero-order valence-electron chi connectivity index (χ0n) is 14.9. The van der Waals surface area contributed by atoms with Crippen molar-refractivity contribution in [2.75, 3.05) is 39.1 Å². The Morgan fingerprint density at radius 1 is 1.35 bits per heavy atom. The van der Waals surface area contributed by atoms with Crippen molar-refractivity contribution < 1.29 is 14.3 Å². The Morgan fingerprint density at radius 2 is 2.23 bits per heavy atom. The average Bonchev–Trinajstić information content (AvgIpc) is 2.68. The summed E-state index contributed by atoms with van der Waals surface area (Å²) in [6.07, 6.45) is 3.59. The SMILES string of the molecule is COCCOc1cccc(C(=O)N2CCCC(c3ccnc(N)n3)C2)c1. The lowest BCUT2D eigenvalue weighted by molar-refractivity contribution is 0.0705. The summed E-state index contributed by atoms with van der Waals surface area (Å²) >= 11 is 0. The molecule has 2 heterocycles. The van der Waals surface area contributed by atoms with Crippen LogP contribution in [0.5, 0.6) is 5.75 Å². The standard InChI is InChI=1S/C19H24N4O3/c1-25-10-11-26-16-6-2-4-14(12-16)18(24)23-9-3-5-15(13-23)17-7-8-21-19(20)22-17/h2,4,6-8,12,15H,3,5,9-11,13H2,1H3,(H2,20,21,22). The van der Waals surface area contributed by atoms with Gasteiger partial charge in [-0.25, -0.2) is 9.97 Å². The second kappa shape index (κ2) is 8.62. The summed E-state index contributed by atoms with van der Waals surface area (Å²) in [5.74, 6) is 1.13. The first-order chi connectivity index (χ1) is 12.7. The van der Waals surface area contributed by atoms with E-state index in [4.69, 9.17) is 15.2 Å². The Bertz CT molecular complexity index is 753. The molecule has 7 nitrogen and oxygen atoms in total. The van der Waals surface area contributed by atoms with Crippen LogP contribution in [0, 0.1) is 0 Å². The molecular weight excluding hydrogens is 332 g/mol. The molecule has 0 aliphatic carbocycles. The highest BCUT2D eigenvalue weighted by molar-refractivity contribution is 5.94. The van der Waals surface area contributed by atoms with Crippen LogP contribution in [0.3, 0.4) is 0 Å². The van der Waals surface area contributed by atoms with Crippen LogP contribution >= 0.6 is 0 Å². The lowest BCUT2D eigenvalue weighted by atomic mass is 9.94. The van der Waals surface area contributed by atoms with Crippen LogP contribution in [0.2, 0.25) is 0 Å². The monoisotopic (exact) mass is 356 g/mol. The van der Waals surface area contributed by atoms with Crippen LogP contribution in [-0.2, 0) is 4.74 Å². The first-order valence-electron chi connectivity index (χ1n) is 8.77. The molecule has 1 atom stereocenters. The molecule has 0 spiro atoms. The molecule has 1 saturated heterocycles. The first-order valence-corrected chi connectivity index (χ1v) is 8.77. The van der Waals surface area contributed by atoms with Gasteiger partial charge in [0.25, 0.3) is 5.91 Å². The number of hydrogen-bond donors (Lipinski definition) is 1. The van der Waals surface area contributed by atoms with E-state index in [-0.39, 0.29) is 17.8 Å². The lowest BCUT2D eigenvalue weighted by Crippen LogP contribution is -2.39. The van der Waals surface area contributed by atoms with Crippen molar-refractivity contribution in [2.45, 2.75) is 18.8 Å². The van der Waals surface area contributed by atoms with Crippen molar-refractivity contribution >= 4 is 11.9 Å². The number of piperidine rings is 1. The van der Waals surface area contributed by atoms with Crippen molar-refractivity contribution in [2.24, 2.45) is 0 Å². The fraction of sp³-hybridized carbons (Fsp3) is 0.421. The van der Waals surface area contributed by atoms with Gasteiger partial charge in [-0.2, -0.15) is 0 Å². The van der Waals surface area contributed by atoms with Crippen molar-refractivity contribution in [1.82, 2.24) is 14.9 Å². The third-order valence-electron chi connectivity index (χ3n) is 4.46. The van der Waals surface area contributed by atoms with E-state index >= 15 is 0 Å². The van der Waals surface area contributed by atoms with Gasteiger partial charge in [-0.15, -0.1) is 0 Å². The highest BCUT2D eigenvalue weighted by Gasteiger charge is 2.26. The molecule has 0 saturated carbocycles. The second-order valence-corrected chi connectivity index (χ2v) is 6.30. The highest BCUT2D eigenvalue weighted by Crippen LogP contribution is 2.27. The van der Waals surface area contributed by atoms with E-state index in [1.807, 2.05) is 29.2 Å². The quantitative estimate of drug-likeness (QED) is 0.797. The number of amides is 1. The fourth-order valence-corrected chi connectivity index (χ4v) is 3.16. The lowest BCUT2D eigenvalue weighted by Gasteiger charge is -2.32. The van der Waals surface area contributed by atoms with Gasteiger partial charge in [0, 0.05) is 37.9 Å². The summed E-state index contributed by atoms with van der Waals surface area (Å²) in [5, 5.41) is 0. The molecule has 1 amide bonds. The summed E-state index contributed by atoms with van der Waals surface area (Å²) in [6.45, 7) is 2.33. The number of anilines is 1. The Labute approximate surface area is 153 Å². The van der Waals surface area contributed by atoms with Crippen LogP contribution in [-0.4, -0.2) is 54.2 Å². The largest absolute Gasteiger partial charge is 0.491 e. The number of carbonyl (C=O) groups is 1. The number of likely N-dealkylation sites (tertiary alicyclic amines) is 1. The van der Waals surface area contributed by atoms with E-state index in [1.165, 1.54) is 0 Å². The number of benzene rings is 1. The maximum absolute atomic E-state index is 12.9. The van der Waals surface area contributed by atoms with E-state index < -0.39 is 0 Å². The minimum Gasteiger partial charge on any atom is -0.491 e. The van der Waals surface area contributed by atoms with E-state index in [0.717, 1.165) is 25.1 Å². The number of carbonyl (C=O) groups excluding carboxylic acids is 1. The molecule has 26 heavy (non-hydrogen) atoms. The number of nitrogens with two attached hydrogens (primary N) is 1. The molecule has 1 aromatic carbocycles. The number of ether oxygens (including phenoxy) is 2. The molecule has 3 rings (SSSR count). The van der Waals surface area contributed by atoms with Gasteiger partial charge < -0.3 is 20.1 Å². The zero-order valence-corrected chi connectivity index (χ0v) is 14.9. The molecule has 2 aromatic rings. The second-order valence-electron chi connectivity index (χ2n) is 6.30. The predicted molar refractivity (Wildman–Crippen MR) is 98.1 cm³/mol. The number of nitrogen functional groups attached to an aromatic ring is 1. The highest BCUT2D eigenvalue weighted by atomic mass is 16.5. The van der Waals surface area contributed by atoms with Gasteiger partial charge in [0.05, 0.1) is 12.3 Å². The van der Waals surface area contributed by atoms with Gasteiger partial charge in [0.1, 0.15) is 12.4 Å². The Balaban J connectivity index is 1.68. The molecule has 1 aliphatic heterocycles. The number of hydrogen-bond acceptors (Lipinski definition) is 6. The zero-order chi connectivity index (χ0) is 18.4. The summed E-state index contributed by atoms with van der Waals surface area (Å²) in [7, 11) is 1.63. The maximum atomic E-state index is 12.9. The number of rotatable bonds is 6. The number of aromatic nitrogens is 2. The molecule has 1 aromatic heterocycles. The molecule has 0 radical (unpaired) electrons. The molecule has 1 aliphatic rings. The Kier molecular flexibility index (Phi) is 6.01. The van der Waals surface area contributed by atoms with E-state index in [1.54, 1.807) is 19.4 Å². The van der Waals surface area contributed by atoms with Gasteiger partial charge in [-0.3, -0.25) is 4.79 Å². The number of nitrogens with zero attached hydrogens (tertiary/aromatic N) is 3. The van der Waals surface area contributed by atoms with Crippen LogP contribution in [0.4, 0.5) is 5.95 Å². The van der Waals surface area contributed by atoms with Gasteiger partial charge >= 0.3 is 0 Å². The molecule has 0 bridgehead atoms. The van der Waals surface area contributed by atoms with Crippen LogP contribution in [0.25, 0.3) is 0 Å². The fourth-order valence-electron chi connectivity index (χ4n) is 3.16. The molecule has 2 N–H and O–H groups in total. The topological polar surface area (TPSA) is 90.6 Å². The maximum Gasteiger partial charge on any atom is 0.254 e. The van der Waals surface area contributed by atoms with Crippen molar-refractivity contribution in [3.63, 3.8) is 0 Å². The first kappa shape index (κ1) is 18.1. The third-order valence-corrected chi connectivity index (χ3v) is 4.46.